The maximum Gasteiger partial charge on any atom is 0.0406 e. The van der Waals surface area contributed by atoms with E-state index in [-0.39, 0.29) is 5.54 Å². The van der Waals surface area contributed by atoms with Crippen LogP contribution >= 0.6 is 11.6 Å². The Hall–Kier alpha value is -1.05. The molecule has 2 aromatic rings. The van der Waals surface area contributed by atoms with E-state index in [1.807, 2.05) is 0 Å². The summed E-state index contributed by atoms with van der Waals surface area (Å²) in [7, 11) is 0. The van der Waals surface area contributed by atoms with E-state index in [1.165, 1.54) is 42.0 Å². The van der Waals surface area contributed by atoms with Crippen molar-refractivity contribution in [3.8, 4) is 0 Å². The van der Waals surface area contributed by atoms with Crippen molar-refractivity contribution in [2.75, 3.05) is 5.88 Å². The monoisotopic (exact) mass is 301 g/mol. The average Bonchev–Trinajstić information content (AvgIpc) is 2.53. The number of fused-ring (bicyclic) bond motifs is 1. The minimum atomic E-state index is 0.121. The number of hydrogen-bond acceptors (Lipinski definition) is 1. The third-order valence-corrected chi connectivity index (χ3v) is 5.39. The quantitative estimate of drug-likeness (QED) is 0.773. The van der Waals surface area contributed by atoms with E-state index in [4.69, 9.17) is 11.6 Å². The second kappa shape index (κ2) is 6.37. The fraction of sp³-hybridized carbons (Fsp3) is 0.474. The Morgan fingerprint density at radius 3 is 2.81 bits per heavy atom. The zero-order chi connectivity index (χ0) is 14.7. The standard InChI is InChI=1S/C19H24ClN/c1-15-6-5-11-19(12-15,14-20)21-13-17-9-4-8-16-7-2-3-10-18(16)17/h2-4,7-10,15,21H,5-6,11-14H2,1H3. The molecule has 1 saturated carbocycles. The molecule has 0 saturated heterocycles. The highest BCUT2D eigenvalue weighted by Crippen LogP contribution is 2.33. The van der Waals surface area contributed by atoms with Gasteiger partial charge >= 0.3 is 0 Å². The first-order valence-corrected chi connectivity index (χ1v) is 8.53. The summed E-state index contributed by atoms with van der Waals surface area (Å²) in [4.78, 5) is 0. The van der Waals surface area contributed by atoms with Gasteiger partial charge in [-0.2, -0.15) is 0 Å². The molecule has 0 heterocycles. The van der Waals surface area contributed by atoms with Crippen LogP contribution in [0.4, 0.5) is 0 Å². The Kier molecular flexibility index (Phi) is 4.51. The van der Waals surface area contributed by atoms with Crippen LogP contribution in [0.3, 0.4) is 0 Å². The number of nitrogens with one attached hydrogen (secondary N) is 1. The summed E-state index contributed by atoms with van der Waals surface area (Å²) in [6.07, 6.45) is 5.03. The van der Waals surface area contributed by atoms with Gasteiger partial charge in [0.15, 0.2) is 0 Å². The largest absolute Gasteiger partial charge is 0.306 e. The van der Waals surface area contributed by atoms with Crippen molar-refractivity contribution in [3.63, 3.8) is 0 Å². The summed E-state index contributed by atoms with van der Waals surface area (Å²) in [5.41, 5.74) is 1.49. The summed E-state index contributed by atoms with van der Waals surface area (Å²) < 4.78 is 0. The van der Waals surface area contributed by atoms with E-state index in [9.17, 15) is 0 Å². The summed E-state index contributed by atoms with van der Waals surface area (Å²) in [5.74, 6) is 1.49. The van der Waals surface area contributed by atoms with Crippen molar-refractivity contribution in [1.29, 1.82) is 0 Å². The Balaban J connectivity index is 1.79. The normalized spacial score (nSPS) is 26.1. The molecule has 0 spiro atoms. The van der Waals surface area contributed by atoms with E-state index in [0.29, 0.717) is 5.88 Å². The maximum atomic E-state index is 6.32. The van der Waals surface area contributed by atoms with Crippen LogP contribution in [0.25, 0.3) is 10.8 Å². The lowest BCUT2D eigenvalue weighted by Crippen LogP contribution is -2.49. The zero-order valence-electron chi connectivity index (χ0n) is 12.7. The second-order valence-corrected chi connectivity index (χ2v) is 6.87. The molecule has 1 nitrogen and oxygen atoms in total. The van der Waals surface area contributed by atoms with Gasteiger partial charge in [0.25, 0.3) is 0 Å². The number of benzene rings is 2. The molecule has 1 aliphatic carbocycles. The highest BCUT2D eigenvalue weighted by molar-refractivity contribution is 6.18. The van der Waals surface area contributed by atoms with Crippen LogP contribution in [0.2, 0.25) is 0 Å². The molecular weight excluding hydrogens is 278 g/mol. The molecule has 1 fully saturated rings. The smallest absolute Gasteiger partial charge is 0.0406 e. The molecular formula is C19H24ClN. The van der Waals surface area contributed by atoms with Crippen molar-refractivity contribution in [1.82, 2.24) is 5.32 Å². The summed E-state index contributed by atoms with van der Waals surface area (Å²) in [6, 6.07) is 15.2. The topological polar surface area (TPSA) is 12.0 Å². The molecule has 0 bridgehead atoms. The summed E-state index contributed by atoms with van der Waals surface area (Å²) in [6.45, 7) is 3.25. The van der Waals surface area contributed by atoms with E-state index in [2.05, 4.69) is 54.7 Å². The van der Waals surface area contributed by atoms with Crippen LogP contribution in [0.15, 0.2) is 42.5 Å². The fourth-order valence-corrected chi connectivity index (χ4v) is 4.06. The van der Waals surface area contributed by atoms with E-state index < -0.39 is 0 Å². The molecule has 2 aromatic carbocycles. The molecule has 0 aromatic heterocycles. The third-order valence-electron chi connectivity index (χ3n) is 4.88. The number of hydrogen-bond donors (Lipinski definition) is 1. The van der Waals surface area contributed by atoms with Crippen LogP contribution < -0.4 is 5.32 Å². The fourth-order valence-electron chi connectivity index (χ4n) is 3.72. The minimum absolute atomic E-state index is 0.121. The van der Waals surface area contributed by atoms with Crippen LogP contribution in [0, 0.1) is 5.92 Å². The molecule has 1 N–H and O–H groups in total. The number of halogens is 1. The Labute approximate surface area is 132 Å². The zero-order valence-corrected chi connectivity index (χ0v) is 13.5. The highest BCUT2D eigenvalue weighted by Gasteiger charge is 2.33. The predicted molar refractivity (Wildman–Crippen MR) is 91.9 cm³/mol. The third kappa shape index (κ3) is 3.25. The van der Waals surface area contributed by atoms with E-state index >= 15 is 0 Å². The molecule has 0 amide bonds. The van der Waals surface area contributed by atoms with Crippen molar-refractivity contribution < 1.29 is 0 Å². The first-order chi connectivity index (χ1) is 10.2. The van der Waals surface area contributed by atoms with Crippen molar-refractivity contribution in [3.05, 3.63) is 48.0 Å². The van der Waals surface area contributed by atoms with Gasteiger partial charge in [-0.05, 0) is 35.1 Å². The molecule has 1 aliphatic rings. The van der Waals surface area contributed by atoms with Gasteiger partial charge in [-0.25, -0.2) is 0 Å². The van der Waals surface area contributed by atoms with Crippen molar-refractivity contribution in [2.45, 2.75) is 44.7 Å². The molecule has 2 unspecified atom stereocenters. The SMILES string of the molecule is CC1CCCC(CCl)(NCc2cccc3ccccc23)C1. The highest BCUT2D eigenvalue weighted by atomic mass is 35.5. The lowest BCUT2D eigenvalue weighted by molar-refractivity contribution is 0.208. The van der Waals surface area contributed by atoms with Crippen LogP contribution in [0.1, 0.15) is 38.2 Å². The lowest BCUT2D eigenvalue weighted by atomic mass is 9.77. The van der Waals surface area contributed by atoms with Crippen molar-refractivity contribution in [2.24, 2.45) is 5.92 Å². The summed E-state index contributed by atoms with van der Waals surface area (Å²) >= 11 is 6.32. The molecule has 112 valence electrons. The van der Waals surface area contributed by atoms with Gasteiger partial charge in [-0.3, -0.25) is 0 Å². The van der Waals surface area contributed by atoms with Crippen LogP contribution in [0.5, 0.6) is 0 Å². The molecule has 3 rings (SSSR count). The lowest BCUT2D eigenvalue weighted by Gasteiger charge is -2.39. The Morgan fingerprint density at radius 2 is 2.00 bits per heavy atom. The van der Waals surface area contributed by atoms with E-state index in [0.717, 1.165) is 12.5 Å². The summed E-state index contributed by atoms with van der Waals surface area (Å²) in [5, 5.41) is 6.45. The Bertz CT molecular complexity index is 604. The Morgan fingerprint density at radius 1 is 1.19 bits per heavy atom. The van der Waals surface area contributed by atoms with Gasteiger partial charge in [-0.15, -0.1) is 11.6 Å². The molecule has 21 heavy (non-hydrogen) atoms. The van der Waals surface area contributed by atoms with Crippen molar-refractivity contribution >= 4 is 22.4 Å². The van der Waals surface area contributed by atoms with Crippen LogP contribution in [-0.2, 0) is 6.54 Å². The molecule has 0 radical (unpaired) electrons. The van der Waals surface area contributed by atoms with Gasteiger partial charge in [0.2, 0.25) is 0 Å². The second-order valence-electron chi connectivity index (χ2n) is 6.61. The van der Waals surface area contributed by atoms with Gasteiger partial charge in [0.05, 0.1) is 0 Å². The first-order valence-electron chi connectivity index (χ1n) is 8.00. The molecule has 0 aliphatic heterocycles. The minimum Gasteiger partial charge on any atom is -0.306 e. The maximum absolute atomic E-state index is 6.32. The van der Waals surface area contributed by atoms with Gasteiger partial charge in [0, 0.05) is 18.0 Å². The van der Waals surface area contributed by atoms with Crippen LogP contribution in [-0.4, -0.2) is 11.4 Å². The van der Waals surface area contributed by atoms with Gasteiger partial charge in [-0.1, -0.05) is 62.2 Å². The van der Waals surface area contributed by atoms with Gasteiger partial charge < -0.3 is 5.32 Å². The predicted octanol–water partition coefficient (Wildman–Crippen LogP) is 5.12. The number of alkyl halides is 1. The number of rotatable bonds is 4. The molecule has 2 atom stereocenters. The average molecular weight is 302 g/mol. The first kappa shape index (κ1) is 14.9. The molecule has 2 heteroatoms. The van der Waals surface area contributed by atoms with Gasteiger partial charge in [0.1, 0.15) is 0 Å². The van der Waals surface area contributed by atoms with E-state index in [1.54, 1.807) is 0 Å².